The molecule has 1 aliphatic heterocycles. The number of nitrogens with two attached hydrogens (primary N) is 1. The van der Waals surface area contributed by atoms with Gasteiger partial charge in [0, 0.05) is 12.6 Å². The minimum atomic E-state index is -0.00884. The molecular weight excluding hydrogens is 344 g/mol. The minimum absolute atomic E-state index is 0.00884. The van der Waals surface area contributed by atoms with Crippen LogP contribution in [0, 0.1) is 6.92 Å². The van der Waals surface area contributed by atoms with E-state index in [0.717, 1.165) is 50.1 Å². The van der Waals surface area contributed by atoms with Crippen LogP contribution >= 0.6 is 11.6 Å². The Balaban J connectivity index is 1.67. The third kappa shape index (κ3) is 3.62. The lowest BCUT2D eigenvalue weighted by Crippen LogP contribution is -2.51. The van der Waals surface area contributed by atoms with Crippen LogP contribution in [0.4, 0.5) is 0 Å². The molecule has 0 spiro atoms. The van der Waals surface area contributed by atoms with Gasteiger partial charge in [-0.05, 0) is 68.0 Å². The minimum Gasteiger partial charge on any atom is -0.483 e. The Morgan fingerprint density at radius 1 is 1.15 bits per heavy atom. The Bertz CT molecular complexity index is 778. The standard InChI is InChI=1S/C22H27ClN2O/c1-15-8-11-21(19(23)13-15)26-22-18-7-3-2-5-16(18)9-10-20(22)25-12-4-6-17(24)14-25/h2-3,5,7-8,11,13,17,20,22H,4,6,9-10,12,14,24H2,1H3/t17-,20?,22?/m0/s1. The van der Waals surface area contributed by atoms with E-state index in [4.69, 9.17) is 22.1 Å². The van der Waals surface area contributed by atoms with Crippen LogP contribution in [-0.2, 0) is 6.42 Å². The number of rotatable bonds is 3. The molecule has 4 rings (SSSR count). The van der Waals surface area contributed by atoms with Gasteiger partial charge in [-0.1, -0.05) is 41.9 Å². The predicted molar refractivity (Wildman–Crippen MR) is 107 cm³/mol. The van der Waals surface area contributed by atoms with E-state index in [0.29, 0.717) is 11.1 Å². The lowest BCUT2D eigenvalue weighted by Gasteiger charge is -2.43. The fourth-order valence-electron chi connectivity index (χ4n) is 4.40. The van der Waals surface area contributed by atoms with Gasteiger partial charge in [0.05, 0.1) is 11.1 Å². The van der Waals surface area contributed by atoms with Gasteiger partial charge in [0.25, 0.3) is 0 Å². The van der Waals surface area contributed by atoms with E-state index in [9.17, 15) is 0 Å². The van der Waals surface area contributed by atoms with Crippen molar-refractivity contribution in [2.24, 2.45) is 5.73 Å². The first kappa shape index (κ1) is 17.8. The number of fused-ring (bicyclic) bond motifs is 1. The molecule has 4 heteroatoms. The van der Waals surface area contributed by atoms with Crippen molar-refractivity contribution >= 4 is 11.6 Å². The summed E-state index contributed by atoms with van der Waals surface area (Å²) in [5.74, 6) is 0.769. The van der Waals surface area contributed by atoms with Crippen molar-refractivity contribution in [3.8, 4) is 5.75 Å². The van der Waals surface area contributed by atoms with Crippen LogP contribution in [0.3, 0.4) is 0 Å². The quantitative estimate of drug-likeness (QED) is 0.864. The molecular formula is C22H27ClN2O. The van der Waals surface area contributed by atoms with Crippen molar-refractivity contribution < 1.29 is 4.74 Å². The third-order valence-corrected chi connectivity index (χ3v) is 6.02. The molecule has 1 fully saturated rings. The molecule has 2 unspecified atom stereocenters. The maximum absolute atomic E-state index is 6.55. The highest BCUT2D eigenvalue weighted by Gasteiger charge is 2.36. The van der Waals surface area contributed by atoms with Crippen LogP contribution in [0.15, 0.2) is 42.5 Å². The highest BCUT2D eigenvalue weighted by Crippen LogP contribution is 2.39. The van der Waals surface area contributed by atoms with Gasteiger partial charge in [0.1, 0.15) is 11.9 Å². The van der Waals surface area contributed by atoms with Gasteiger partial charge in [-0.2, -0.15) is 0 Å². The lowest BCUT2D eigenvalue weighted by atomic mass is 9.84. The molecule has 3 nitrogen and oxygen atoms in total. The van der Waals surface area contributed by atoms with E-state index in [2.05, 4.69) is 35.2 Å². The number of hydrogen-bond acceptors (Lipinski definition) is 3. The summed E-state index contributed by atoms with van der Waals surface area (Å²) < 4.78 is 6.55. The van der Waals surface area contributed by atoms with Gasteiger partial charge >= 0.3 is 0 Å². The summed E-state index contributed by atoms with van der Waals surface area (Å²) >= 11 is 6.47. The molecule has 0 bridgehead atoms. The van der Waals surface area contributed by atoms with Crippen molar-refractivity contribution in [3.05, 3.63) is 64.2 Å². The average Bonchev–Trinajstić information content (AvgIpc) is 2.64. The molecule has 1 aliphatic carbocycles. The fourth-order valence-corrected chi connectivity index (χ4v) is 4.68. The molecule has 2 aromatic rings. The molecule has 3 atom stereocenters. The summed E-state index contributed by atoms with van der Waals surface area (Å²) in [5.41, 5.74) is 10.1. The zero-order valence-corrected chi connectivity index (χ0v) is 16.1. The molecule has 0 saturated carbocycles. The topological polar surface area (TPSA) is 38.5 Å². The Kier molecular flexibility index (Phi) is 5.21. The lowest BCUT2D eigenvalue weighted by molar-refractivity contribution is 0.0368. The van der Waals surface area contributed by atoms with Gasteiger partial charge in [-0.15, -0.1) is 0 Å². The Morgan fingerprint density at radius 2 is 2.00 bits per heavy atom. The monoisotopic (exact) mass is 370 g/mol. The first-order valence-electron chi connectivity index (χ1n) is 9.62. The van der Waals surface area contributed by atoms with Crippen molar-refractivity contribution in [1.82, 2.24) is 4.90 Å². The summed E-state index contributed by atoms with van der Waals surface area (Å²) in [5, 5.41) is 0.683. The predicted octanol–water partition coefficient (Wildman–Crippen LogP) is 4.51. The van der Waals surface area contributed by atoms with E-state index in [1.54, 1.807) is 0 Å². The molecule has 0 radical (unpaired) electrons. The van der Waals surface area contributed by atoms with Gasteiger partial charge in [-0.25, -0.2) is 0 Å². The summed E-state index contributed by atoms with van der Waals surface area (Å²) in [6.45, 7) is 4.10. The maximum Gasteiger partial charge on any atom is 0.139 e. The molecule has 26 heavy (non-hydrogen) atoms. The molecule has 0 amide bonds. The van der Waals surface area contributed by atoms with Gasteiger partial charge in [0.2, 0.25) is 0 Å². The normalized spacial score (nSPS) is 26.3. The van der Waals surface area contributed by atoms with E-state index in [1.165, 1.54) is 11.1 Å². The molecule has 1 heterocycles. The van der Waals surface area contributed by atoms with Crippen LogP contribution < -0.4 is 10.5 Å². The van der Waals surface area contributed by atoms with Gasteiger partial charge in [-0.3, -0.25) is 4.90 Å². The van der Waals surface area contributed by atoms with Crippen molar-refractivity contribution in [2.75, 3.05) is 13.1 Å². The molecule has 138 valence electrons. The summed E-state index contributed by atoms with van der Waals surface area (Å²) in [6.07, 6.45) is 4.46. The second-order valence-corrected chi connectivity index (χ2v) is 8.08. The molecule has 2 N–H and O–H groups in total. The Labute approximate surface area is 161 Å². The second kappa shape index (κ2) is 7.59. The number of aryl methyl sites for hydroxylation is 2. The van der Waals surface area contributed by atoms with Crippen LogP contribution in [0.5, 0.6) is 5.75 Å². The zero-order chi connectivity index (χ0) is 18.1. The van der Waals surface area contributed by atoms with Crippen LogP contribution in [-0.4, -0.2) is 30.1 Å². The highest BCUT2D eigenvalue weighted by molar-refractivity contribution is 6.32. The zero-order valence-electron chi connectivity index (χ0n) is 15.3. The Morgan fingerprint density at radius 3 is 2.81 bits per heavy atom. The van der Waals surface area contributed by atoms with E-state index < -0.39 is 0 Å². The number of piperidine rings is 1. The average molecular weight is 371 g/mol. The molecule has 2 aliphatic rings. The first-order chi connectivity index (χ1) is 12.6. The van der Waals surface area contributed by atoms with E-state index in [-0.39, 0.29) is 12.1 Å². The number of halogens is 1. The van der Waals surface area contributed by atoms with Gasteiger partial charge < -0.3 is 10.5 Å². The Hall–Kier alpha value is -1.55. The SMILES string of the molecule is Cc1ccc(OC2c3ccccc3CCC2N2CCC[C@H](N)C2)c(Cl)c1. The highest BCUT2D eigenvalue weighted by atomic mass is 35.5. The van der Waals surface area contributed by atoms with Crippen molar-refractivity contribution in [1.29, 1.82) is 0 Å². The van der Waals surface area contributed by atoms with Gasteiger partial charge in [0.15, 0.2) is 0 Å². The molecule has 1 saturated heterocycles. The molecule has 2 aromatic carbocycles. The van der Waals surface area contributed by atoms with Crippen LogP contribution in [0.2, 0.25) is 5.02 Å². The van der Waals surface area contributed by atoms with E-state index >= 15 is 0 Å². The van der Waals surface area contributed by atoms with Crippen molar-refractivity contribution in [3.63, 3.8) is 0 Å². The van der Waals surface area contributed by atoms with Crippen molar-refractivity contribution in [2.45, 2.75) is 50.8 Å². The smallest absolute Gasteiger partial charge is 0.139 e. The van der Waals surface area contributed by atoms with Crippen LogP contribution in [0.1, 0.15) is 42.1 Å². The second-order valence-electron chi connectivity index (χ2n) is 7.67. The fraction of sp³-hybridized carbons (Fsp3) is 0.455. The number of likely N-dealkylation sites (tertiary alicyclic amines) is 1. The largest absolute Gasteiger partial charge is 0.483 e. The van der Waals surface area contributed by atoms with Crippen LogP contribution in [0.25, 0.3) is 0 Å². The van der Waals surface area contributed by atoms with E-state index in [1.807, 2.05) is 19.1 Å². The maximum atomic E-state index is 6.55. The summed E-state index contributed by atoms with van der Waals surface area (Å²) in [7, 11) is 0. The molecule has 0 aromatic heterocycles. The number of hydrogen-bond donors (Lipinski definition) is 1. The summed E-state index contributed by atoms with van der Waals surface area (Å²) in [6, 6.07) is 15.3. The third-order valence-electron chi connectivity index (χ3n) is 5.72. The number of ether oxygens (including phenoxy) is 1. The summed E-state index contributed by atoms with van der Waals surface area (Å²) in [4.78, 5) is 2.54. The number of nitrogens with zero attached hydrogens (tertiary/aromatic N) is 1. The first-order valence-corrected chi connectivity index (χ1v) is 10.00. The number of benzene rings is 2.